The van der Waals surface area contributed by atoms with Gasteiger partial charge in [-0.15, -0.1) is 0 Å². The number of carbonyl (C=O) groups excluding carboxylic acids is 1. The Morgan fingerprint density at radius 3 is 1.45 bits per heavy atom. The quantitative estimate of drug-likeness (QED) is 0.0791. The minimum absolute atomic E-state index is 0.0964. The van der Waals surface area contributed by atoms with Crippen LogP contribution in [0.15, 0.2) is 0 Å². The summed E-state index contributed by atoms with van der Waals surface area (Å²) in [6.45, 7) is 17.0. The van der Waals surface area contributed by atoms with Gasteiger partial charge in [-0.05, 0) is 38.4 Å². The Morgan fingerprint density at radius 1 is 0.710 bits per heavy atom. The first kappa shape index (κ1) is 30.8. The fourth-order valence-corrected chi connectivity index (χ4v) is 4.37. The summed E-state index contributed by atoms with van der Waals surface area (Å²) in [6, 6.07) is 0. The fraction of sp³-hybridized carbons (Fsp3) is 0.963. The molecule has 0 radical (unpaired) electrons. The first-order chi connectivity index (χ1) is 14.4. The van der Waals surface area contributed by atoms with Gasteiger partial charge in [0, 0.05) is 6.42 Å². The third kappa shape index (κ3) is 16.1. The molecular formula is C27H56O3Si. The highest BCUT2D eigenvalue weighted by Crippen LogP contribution is 2.38. The molecule has 0 aliphatic heterocycles. The summed E-state index contributed by atoms with van der Waals surface area (Å²) in [4.78, 5) is 17.8. The van der Waals surface area contributed by atoms with Crippen molar-refractivity contribution < 1.29 is 14.3 Å². The second-order valence-corrected chi connectivity index (χ2v) is 16.3. The molecule has 0 bridgehead atoms. The molecule has 0 aliphatic carbocycles. The van der Waals surface area contributed by atoms with Crippen LogP contribution in [0.25, 0.3) is 0 Å². The molecule has 3 nitrogen and oxygen atoms in total. The van der Waals surface area contributed by atoms with Crippen molar-refractivity contribution in [1.82, 2.24) is 0 Å². The molecule has 0 rings (SSSR count). The molecule has 1 atom stereocenters. The van der Waals surface area contributed by atoms with Crippen molar-refractivity contribution in [2.24, 2.45) is 0 Å². The van der Waals surface area contributed by atoms with Crippen LogP contribution >= 0.6 is 0 Å². The van der Waals surface area contributed by atoms with Gasteiger partial charge in [0.1, 0.15) is 11.4 Å². The van der Waals surface area contributed by atoms with Gasteiger partial charge in [-0.3, -0.25) is 9.37 Å². The molecule has 0 saturated heterocycles. The van der Waals surface area contributed by atoms with Crippen molar-refractivity contribution in [3.63, 3.8) is 0 Å². The van der Waals surface area contributed by atoms with Crippen molar-refractivity contribution in [2.75, 3.05) is 0 Å². The molecule has 0 aromatic heterocycles. The van der Waals surface area contributed by atoms with E-state index < -0.39 is 13.9 Å². The molecule has 0 spiro atoms. The number of carbonyl (C=O) groups is 1. The van der Waals surface area contributed by atoms with E-state index in [0.717, 1.165) is 12.8 Å². The Kier molecular flexibility index (Phi) is 16.3. The van der Waals surface area contributed by atoms with E-state index in [1.54, 1.807) is 6.92 Å². The summed E-state index contributed by atoms with van der Waals surface area (Å²) < 4.78 is 6.02. The van der Waals surface area contributed by atoms with Gasteiger partial charge < -0.3 is 0 Å². The molecule has 186 valence electrons. The lowest BCUT2D eigenvalue weighted by Gasteiger charge is -2.38. The highest BCUT2D eigenvalue weighted by Gasteiger charge is 2.41. The minimum Gasteiger partial charge on any atom is -0.300 e. The average molecular weight is 457 g/mol. The Bertz CT molecular complexity index is 456. The van der Waals surface area contributed by atoms with Gasteiger partial charge in [0.2, 0.25) is 8.32 Å². The Labute approximate surface area is 196 Å². The van der Waals surface area contributed by atoms with E-state index in [1.807, 2.05) is 6.92 Å². The predicted octanol–water partition coefficient (Wildman–Crippen LogP) is 9.55. The summed E-state index contributed by atoms with van der Waals surface area (Å²) >= 11 is 0. The standard InChI is InChI=1S/C27H56O3Si/c1-9-10-11-12-13-14-15-16-17-18-19-20-21-22-23-27(6,24-25(2)28)29-30-31(7,8)26(3,4)5/h9-24H2,1-8H3. The summed E-state index contributed by atoms with van der Waals surface area (Å²) in [5.41, 5.74) is -0.502. The molecule has 1 unspecified atom stereocenters. The van der Waals surface area contributed by atoms with Gasteiger partial charge in [-0.2, -0.15) is 0 Å². The highest BCUT2D eigenvalue weighted by molar-refractivity contribution is 6.73. The molecule has 0 N–H and O–H groups in total. The fourth-order valence-electron chi connectivity index (χ4n) is 3.71. The molecule has 0 heterocycles. The molecule has 0 saturated carbocycles. The summed E-state index contributed by atoms with van der Waals surface area (Å²) in [7, 11) is -1.99. The first-order valence-electron chi connectivity index (χ1n) is 13.3. The SMILES string of the molecule is CCCCCCCCCCCCCCCCC(C)(CC(C)=O)OO[Si](C)(C)C(C)(C)C. The maximum atomic E-state index is 11.8. The predicted molar refractivity (Wildman–Crippen MR) is 138 cm³/mol. The Hall–Kier alpha value is -0.193. The van der Waals surface area contributed by atoms with Gasteiger partial charge in [0.05, 0.1) is 0 Å². The second kappa shape index (κ2) is 16.4. The van der Waals surface area contributed by atoms with Gasteiger partial charge in [0.25, 0.3) is 0 Å². The molecule has 0 aliphatic rings. The van der Waals surface area contributed by atoms with Crippen LogP contribution in [0.5, 0.6) is 0 Å². The first-order valence-corrected chi connectivity index (χ1v) is 16.2. The van der Waals surface area contributed by atoms with Crippen LogP contribution in [0.3, 0.4) is 0 Å². The molecule has 0 aromatic rings. The van der Waals surface area contributed by atoms with Crippen molar-refractivity contribution >= 4 is 14.1 Å². The van der Waals surface area contributed by atoms with Gasteiger partial charge >= 0.3 is 0 Å². The lowest BCUT2D eigenvalue weighted by atomic mass is 9.92. The largest absolute Gasteiger partial charge is 0.300 e. The van der Waals surface area contributed by atoms with Crippen LogP contribution in [-0.4, -0.2) is 19.7 Å². The maximum absolute atomic E-state index is 11.8. The van der Waals surface area contributed by atoms with Crippen LogP contribution in [-0.2, 0) is 14.3 Å². The average Bonchev–Trinajstić information content (AvgIpc) is 2.65. The lowest BCUT2D eigenvalue weighted by Crippen LogP contribution is -2.44. The zero-order valence-corrected chi connectivity index (χ0v) is 23.5. The molecular weight excluding hydrogens is 400 g/mol. The van der Waals surface area contributed by atoms with Crippen LogP contribution in [0.2, 0.25) is 18.1 Å². The van der Waals surface area contributed by atoms with Gasteiger partial charge in [0.15, 0.2) is 0 Å². The number of unbranched alkanes of at least 4 members (excludes halogenated alkanes) is 13. The van der Waals surface area contributed by atoms with Crippen LogP contribution in [0.1, 0.15) is 144 Å². The van der Waals surface area contributed by atoms with Crippen molar-refractivity contribution in [2.45, 2.75) is 168 Å². The summed E-state index contributed by atoms with van der Waals surface area (Å²) in [6.07, 6.45) is 20.3. The normalized spacial score (nSPS) is 14.6. The molecule has 0 fully saturated rings. The van der Waals surface area contributed by atoms with E-state index in [4.69, 9.17) is 9.46 Å². The number of ketones is 1. The van der Waals surface area contributed by atoms with Gasteiger partial charge in [-0.25, -0.2) is 4.89 Å². The molecule has 0 amide bonds. The van der Waals surface area contributed by atoms with E-state index in [9.17, 15) is 4.79 Å². The Balaban J connectivity index is 3.96. The monoisotopic (exact) mass is 456 g/mol. The van der Waals surface area contributed by atoms with Gasteiger partial charge in [-0.1, -0.05) is 118 Å². The van der Waals surface area contributed by atoms with Crippen molar-refractivity contribution in [3.8, 4) is 0 Å². The van der Waals surface area contributed by atoms with Crippen LogP contribution in [0.4, 0.5) is 0 Å². The van der Waals surface area contributed by atoms with Crippen LogP contribution in [0, 0.1) is 0 Å². The minimum atomic E-state index is -1.99. The second-order valence-electron chi connectivity index (χ2n) is 11.6. The topological polar surface area (TPSA) is 35.5 Å². The van der Waals surface area contributed by atoms with E-state index in [1.165, 1.54) is 83.5 Å². The number of Topliss-reactive ketones (excluding diaryl/α,β-unsaturated/α-hetero) is 1. The summed E-state index contributed by atoms with van der Waals surface area (Å²) in [5, 5.41) is 0.0964. The van der Waals surface area contributed by atoms with Crippen molar-refractivity contribution in [3.05, 3.63) is 0 Å². The number of hydrogen-bond donors (Lipinski definition) is 0. The third-order valence-electron chi connectivity index (χ3n) is 6.94. The zero-order chi connectivity index (χ0) is 23.8. The molecule has 4 heteroatoms. The smallest absolute Gasteiger partial charge is 0.238 e. The van der Waals surface area contributed by atoms with Crippen LogP contribution < -0.4 is 0 Å². The summed E-state index contributed by atoms with van der Waals surface area (Å²) in [5.74, 6) is 0.173. The third-order valence-corrected chi connectivity index (χ3v) is 11.1. The lowest BCUT2D eigenvalue weighted by molar-refractivity contribution is -0.300. The van der Waals surface area contributed by atoms with E-state index >= 15 is 0 Å². The Morgan fingerprint density at radius 2 is 1.10 bits per heavy atom. The number of rotatable bonds is 20. The molecule has 0 aromatic carbocycles. The number of hydrogen-bond acceptors (Lipinski definition) is 3. The zero-order valence-electron chi connectivity index (χ0n) is 22.5. The molecule has 31 heavy (non-hydrogen) atoms. The van der Waals surface area contributed by atoms with E-state index in [2.05, 4.69) is 40.8 Å². The van der Waals surface area contributed by atoms with E-state index in [-0.39, 0.29) is 10.8 Å². The van der Waals surface area contributed by atoms with E-state index in [0.29, 0.717) is 6.42 Å². The highest BCUT2D eigenvalue weighted by atomic mass is 28.4. The van der Waals surface area contributed by atoms with Crippen molar-refractivity contribution in [1.29, 1.82) is 0 Å². The maximum Gasteiger partial charge on any atom is 0.238 e.